The van der Waals surface area contributed by atoms with Crippen molar-refractivity contribution in [3.8, 4) is 0 Å². The summed E-state index contributed by atoms with van der Waals surface area (Å²) >= 11 is 0. The van der Waals surface area contributed by atoms with Gasteiger partial charge in [-0.25, -0.2) is 5.01 Å². The first-order valence-corrected chi connectivity index (χ1v) is 10.4. The van der Waals surface area contributed by atoms with E-state index in [9.17, 15) is 27.6 Å². The highest BCUT2D eigenvalue weighted by Gasteiger charge is 2.47. The number of carbonyl (C=O) groups is 3. The van der Waals surface area contributed by atoms with Gasteiger partial charge in [-0.3, -0.25) is 19.4 Å². The Kier molecular flexibility index (Phi) is 6.11. The molecule has 0 unspecified atom stereocenters. The summed E-state index contributed by atoms with van der Waals surface area (Å²) in [5, 5.41) is 11.1. The average molecular weight is 465 g/mol. The molecule has 0 radical (unpaired) electrons. The molecule has 0 spiro atoms. The van der Waals surface area contributed by atoms with Crippen LogP contribution in [0.3, 0.4) is 0 Å². The van der Waals surface area contributed by atoms with Crippen LogP contribution in [-0.4, -0.2) is 58.7 Å². The number of halogens is 3. The molecule has 1 saturated heterocycles. The van der Waals surface area contributed by atoms with Gasteiger partial charge in [0.1, 0.15) is 6.04 Å². The van der Waals surface area contributed by atoms with Crippen LogP contribution >= 0.6 is 0 Å². The molecule has 2 aliphatic rings. The van der Waals surface area contributed by atoms with Gasteiger partial charge >= 0.3 is 6.18 Å². The van der Waals surface area contributed by atoms with Crippen LogP contribution in [0.25, 0.3) is 0 Å². The van der Waals surface area contributed by atoms with Crippen molar-refractivity contribution in [3.63, 3.8) is 0 Å². The summed E-state index contributed by atoms with van der Waals surface area (Å²) in [5.41, 5.74) is 1.54. The van der Waals surface area contributed by atoms with Gasteiger partial charge < -0.3 is 15.2 Å². The lowest BCUT2D eigenvalue weighted by Gasteiger charge is -2.28. The minimum atomic E-state index is -4.96. The maximum absolute atomic E-state index is 13.7. The lowest BCUT2D eigenvalue weighted by atomic mass is 9.98. The van der Waals surface area contributed by atoms with Crippen molar-refractivity contribution in [2.45, 2.75) is 32.1 Å². The predicted molar refractivity (Wildman–Crippen MR) is 107 cm³/mol. The summed E-state index contributed by atoms with van der Waals surface area (Å²) in [6.07, 6.45) is -2.98. The smallest absolute Gasteiger partial charge is 0.351 e. The van der Waals surface area contributed by atoms with Crippen molar-refractivity contribution in [1.29, 1.82) is 0 Å². The van der Waals surface area contributed by atoms with E-state index in [2.05, 4.69) is 15.8 Å². The summed E-state index contributed by atoms with van der Waals surface area (Å²) in [7, 11) is 0. The molecule has 1 aromatic heterocycles. The molecule has 0 saturated carbocycles. The van der Waals surface area contributed by atoms with Gasteiger partial charge in [0.25, 0.3) is 11.8 Å². The Bertz CT molecular complexity index is 1070. The van der Waals surface area contributed by atoms with E-state index in [0.29, 0.717) is 30.8 Å². The molecule has 4 rings (SSSR count). The second-order valence-electron chi connectivity index (χ2n) is 7.99. The van der Waals surface area contributed by atoms with Crippen LogP contribution < -0.4 is 10.6 Å². The minimum Gasteiger partial charge on any atom is -0.351 e. The van der Waals surface area contributed by atoms with Crippen LogP contribution in [0.1, 0.15) is 39.7 Å². The van der Waals surface area contributed by atoms with Gasteiger partial charge in [-0.1, -0.05) is 29.4 Å². The van der Waals surface area contributed by atoms with E-state index < -0.39 is 42.4 Å². The number of hydrogen-bond donors (Lipinski definition) is 2. The number of aryl methyl sites for hydroxylation is 1. The maximum atomic E-state index is 13.7. The Morgan fingerprint density at radius 2 is 2.03 bits per heavy atom. The number of alkyl halides is 3. The molecule has 176 valence electrons. The number of carbonyl (C=O) groups excluding carboxylic acids is 3. The molecular formula is C21H22F3N5O4. The lowest BCUT2D eigenvalue weighted by Crippen LogP contribution is -2.50. The molecule has 1 fully saturated rings. The van der Waals surface area contributed by atoms with Crippen molar-refractivity contribution in [2.75, 3.05) is 19.6 Å². The van der Waals surface area contributed by atoms with Gasteiger partial charge in [-0.15, -0.1) is 0 Å². The second-order valence-corrected chi connectivity index (χ2v) is 7.99. The van der Waals surface area contributed by atoms with Gasteiger partial charge in [0.15, 0.2) is 5.92 Å². The molecule has 0 aliphatic carbocycles. The van der Waals surface area contributed by atoms with E-state index in [1.54, 1.807) is 24.3 Å². The highest BCUT2D eigenvalue weighted by Crippen LogP contribution is 2.31. The Morgan fingerprint density at radius 1 is 1.27 bits per heavy atom. The van der Waals surface area contributed by atoms with E-state index in [1.807, 2.05) is 5.01 Å². The van der Waals surface area contributed by atoms with Crippen LogP contribution in [-0.2, 0) is 16.1 Å². The maximum Gasteiger partial charge on any atom is 0.402 e. The van der Waals surface area contributed by atoms with Crippen molar-refractivity contribution >= 4 is 17.7 Å². The standard InChI is InChI=1S/C21H22F3N5O4/c1-12-9-26-33-17(12)19(31)25-10-15(21(22,23)24)18(30)27-16-14-6-3-2-5-13(14)11-28-7-4-8-29(28)20(16)32/h2-3,5-6,9,15-16H,4,7-8,10-11H2,1H3,(H,25,31)(H,27,30)/t15-,16+/m1/s1. The second kappa shape index (κ2) is 8.85. The average Bonchev–Trinajstić information content (AvgIpc) is 3.38. The van der Waals surface area contributed by atoms with E-state index in [1.165, 1.54) is 18.1 Å². The number of hydrogen-bond acceptors (Lipinski definition) is 6. The van der Waals surface area contributed by atoms with Crippen molar-refractivity contribution in [2.24, 2.45) is 5.92 Å². The normalized spacial score (nSPS) is 19.5. The van der Waals surface area contributed by atoms with Crippen molar-refractivity contribution < 1.29 is 32.1 Å². The molecular weight excluding hydrogens is 443 g/mol. The van der Waals surface area contributed by atoms with Gasteiger partial charge in [0.05, 0.1) is 6.20 Å². The first kappa shape index (κ1) is 22.8. The van der Waals surface area contributed by atoms with E-state index in [-0.39, 0.29) is 5.76 Å². The highest BCUT2D eigenvalue weighted by atomic mass is 19.4. The van der Waals surface area contributed by atoms with E-state index >= 15 is 0 Å². The molecule has 12 heteroatoms. The van der Waals surface area contributed by atoms with Gasteiger partial charge in [-0.05, 0) is 24.5 Å². The third-order valence-electron chi connectivity index (χ3n) is 5.77. The van der Waals surface area contributed by atoms with Crippen LogP contribution in [0, 0.1) is 12.8 Å². The van der Waals surface area contributed by atoms with Crippen LogP contribution in [0.2, 0.25) is 0 Å². The monoisotopic (exact) mass is 465 g/mol. The summed E-state index contributed by atoms with van der Waals surface area (Å²) in [5.74, 6) is -5.62. The number of nitrogens with zero attached hydrogens (tertiary/aromatic N) is 3. The molecule has 2 aliphatic heterocycles. The number of rotatable bonds is 5. The fraction of sp³-hybridized carbons (Fsp3) is 0.429. The molecule has 1 aromatic carbocycles. The molecule has 9 nitrogen and oxygen atoms in total. The van der Waals surface area contributed by atoms with Crippen LogP contribution in [0.5, 0.6) is 0 Å². The van der Waals surface area contributed by atoms with E-state index in [0.717, 1.165) is 12.0 Å². The Labute approximate surface area is 186 Å². The summed E-state index contributed by atoms with van der Waals surface area (Å²) in [4.78, 5) is 38.1. The fourth-order valence-electron chi connectivity index (χ4n) is 4.04. The molecule has 3 heterocycles. The highest BCUT2D eigenvalue weighted by molar-refractivity contribution is 5.93. The molecule has 0 bridgehead atoms. The molecule has 2 atom stereocenters. The zero-order chi connectivity index (χ0) is 23.8. The van der Waals surface area contributed by atoms with Gasteiger partial charge in [-0.2, -0.15) is 13.2 Å². The summed E-state index contributed by atoms with van der Waals surface area (Å²) in [6, 6.07) is 5.57. The first-order chi connectivity index (χ1) is 15.7. The number of aromatic nitrogens is 1. The van der Waals surface area contributed by atoms with Crippen molar-refractivity contribution in [3.05, 3.63) is 52.9 Å². The molecule has 2 aromatic rings. The fourth-order valence-corrected chi connectivity index (χ4v) is 4.04. The van der Waals surface area contributed by atoms with Gasteiger partial charge in [0.2, 0.25) is 11.7 Å². The number of hydrazine groups is 1. The molecule has 2 N–H and O–H groups in total. The largest absolute Gasteiger partial charge is 0.402 e. The minimum absolute atomic E-state index is 0.238. The topological polar surface area (TPSA) is 108 Å². The quantitative estimate of drug-likeness (QED) is 0.696. The first-order valence-electron chi connectivity index (χ1n) is 10.4. The number of benzene rings is 1. The zero-order valence-corrected chi connectivity index (χ0v) is 17.7. The number of nitrogens with one attached hydrogen (secondary N) is 2. The summed E-state index contributed by atoms with van der Waals surface area (Å²) in [6.45, 7) is 1.97. The third-order valence-corrected chi connectivity index (χ3v) is 5.77. The summed E-state index contributed by atoms with van der Waals surface area (Å²) < 4.78 is 45.9. The van der Waals surface area contributed by atoms with E-state index in [4.69, 9.17) is 4.52 Å². The predicted octanol–water partition coefficient (Wildman–Crippen LogP) is 1.71. The number of amides is 3. The molecule has 3 amide bonds. The Morgan fingerprint density at radius 3 is 2.73 bits per heavy atom. The number of fused-ring (bicyclic) bond motifs is 2. The lowest BCUT2D eigenvalue weighted by molar-refractivity contribution is -0.182. The van der Waals surface area contributed by atoms with Crippen LogP contribution in [0.15, 0.2) is 35.0 Å². The third kappa shape index (κ3) is 4.56. The zero-order valence-electron chi connectivity index (χ0n) is 17.7. The van der Waals surface area contributed by atoms with Gasteiger partial charge in [0, 0.05) is 31.7 Å². The molecule has 33 heavy (non-hydrogen) atoms. The Balaban J connectivity index is 1.55. The van der Waals surface area contributed by atoms with Crippen LogP contribution in [0.4, 0.5) is 13.2 Å². The Hall–Kier alpha value is -3.41. The SMILES string of the molecule is Cc1cnoc1C(=O)NC[C@H](C(=O)N[C@@H]1C(=O)N2CCCN2Cc2ccccc21)C(F)(F)F. The van der Waals surface area contributed by atoms with Crippen molar-refractivity contribution in [1.82, 2.24) is 25.8 Å².